The summed E-state index contributed by atoms with van der Waals surface area (Å²) in [5.41, 5.74) is 1.40. The molecule has 0 radical (unpaired) electrons. The monoisotopic (exact) mass is 420 g/mol. The van der Waals surface area contributed by atoms with E-state index in [4.69, 9.17) is 14.7 Å². The topological polar surface area (TPSA) is 88.1 Å². The summed E-state index contributed by atoms with van der Waals surface area (Å²) in [6, 6.07) is 9.74. The predicted octanol–water partition coefficient (Wildman–Crippen LogP) is 4.41. The minimum atomic E-state index is -0.957. The predicted molar refractivity (Wildman–Crippen MR) is 117 cm³/mol. The molecule has 1 amide bonds. The zero-order chi connectivity index (χ0) is 22.6. The third-order valence-corrected chi connectivity index (χ3v) is 5.12. The van der Waals surface area contributed by atoms with Gasteiger partial charge in [0.05, 0.1) is 7.11 Å². The molecule has 7 heteroatoms. The Morgan fingerprint density at radius 1 is 1.23 bits per heavy atom. The maximum Gasteiger partial charge on any atom is 0.303 e. The lowest BCUT2D eigenvalue weighted by Gasteiger charge is -2.37. The van der Waals surface area contributed by atoms with E-state index in [1.54, 1.807) is 26.2 Å². The molecule has 1 fully saturated rings. The average Bonchev–Trinajstić information content (AvgIpc) is 3.02. The molecular weight excluding hydrogens is 384 g/mol. The molecular formula is C23H36N2O5. The van der Waals surface area contributed by atoms with E-state index in [1.807, 2.05) is 36.4 Å². The number of hydrogen-bond donors (Lipinski definition) is 2. The molecule has 1 saturated heterocycles. The summed E-state index contributed by atoms with van der Waals surface area (Å²) in [7, 11) is 3.18. The molecule has 0 bridgehead atoms. The van der Waals surface area contributed by atoms with E-state index in [9.17, 15) is 9.59 Å². The van der Waals surface area contributed by atoms with Crippen LogP contribution in [-0.4, -0.2) is 42.1 Å². The fourth-order valence-electron chi connectivity index (χ4n) is 3.34. The van der Waals surface area contributed by atoms with E-state index >= 15 is 0 Å². The first-order valence-corrected chi connectivity index (χ1v) is 10.6. The number of carboxylic acids is 1. The van der Waals surface area contributed by atoms with E-state index in [1.165, 1.54) is 6.42 Å². The Kier molecular flexibility index (Phi) is 11.1. The number of carboxylic acid groups (broad SMARTS) is 1. The van der Waals surface area contributed by atoms with Crippen molar-refractivity contribution in [3.8, 4) is 0 Å². The molecule has 2 rings (SSSR count). The van der Waals surface area contributed by atoms with E-state index in [2.05, 4.69) is 19.2 Å². The minimum Gasteiger partial charge on any atom is -0.481 e. The van der Waals surface area contributed by atoms with Crippen LogP contribution in [0.1, 0.15) is 64.9 Å². The molecule has 1 aromatic rings. The number of nitrogens with one attached hydrogen (secondary N) is 1. The van der Waals surface area contributed by atoms with Gasteiger partial charge in [0.15, 0.2) is 0 Å². The van der Waals surface area contributed by atoms with Gasteiger partial charge in [-0.05, 0) is 17.6 Å². The fraction of sp³-hybridized carbons (Fsp3) is 0.565. The van der Waals surface area contributed by atoms with Gasteiger partial charge in [-0.1, -0.05) is 76.8 Å². The number of amides is 1. The van der Waals surface area contributed by atoms with Crippen molar-refractivity contribution in [1.82, 2.24) is 10.4 Å². The fourth-order valence-corrected chi connectivity index (χ4v) is 3.34. The highest BCUT2D eigenvalue weighted by Gasteiger charge is 2.50. The SMILES string of the molecule is CCC(=O)O.CCCCC(CC)CC1(OC)NC(=O)C(=Cc2ccccc2)N1OC. The highest BCUT2D eigenvalue weighted by atomic mass is 16.7. The number of nitrogens with zero attached hydrogens (tertiary/aromatic N) is 1. The van der Waals surface area contributed by atoms with Crippen LogP contribution in [0, 0.1) is 5.92 Å². The summed E-state index contributed by atoms with van der Waals surface area (Å²) >= 11 is 0. The summed E-state index contributed by atoms with van der Waals surface area (Å²) in [6.45, 7) is 5.97. The van der Waals surface area contributed by atoms with E-state index in [0.29, 0.717) is 18.0 Å². The Bertz CT molecular complexity index is 692. The summed E-state index contributed by atoms with van der Waals surface area (Å²) in [6.07, 6.45) is 7.22. The Morgan fingerprint density at radius 2 is 1.87 bits per heavy atom. The Labute approximate surface area is 180 Å². The van der Waals surface area contributed by atoms with E-state index < -0.39 is 11.8 Å². The van der Waals surface area contributed by atoms with Crippen molar-refractivity contribution in [1.29, 1.82) is 0 Å². The number of carbonyl (C=O) groups is 2. The molecule has 168 valence electrons. The summed E-state index contributed by atoms with van der Waals surface area (Å²) in [5, 5.41) is 12.3. The number of aliphatic carboxylic acids is 1. The van der Waals surface area contributed by atoms with Gasteiger partial charge in [0.1, 0.15) is 5.70 Å². The molecule has 0 aliphatic carbocycles. The smallest absolute Gasteiger partial charge is 0.303 e. The van der Waals surface area contributed by atoms with Crippen LogP contribution in [-0.2, 0) is 19.2 Å². The molecule has 2 unspecified atom stereocenters. The van der Waals surface area contributed by atoms with Crippen molar-refractivity contribution in [2.24, 2.45) is 5.92 Å². The number of benzene rings is 1. The maximum atomic E-state index is 12.6. The summed E-state index contributed by atoms with van der Waals surface area (Å²) in [5.74, 6) is -1.43. The molecule has 7 nitrogen and oxygen atoms in total. The molecule has 2 N–H and O–H groups in total. The molecule has 0 spiro atoms. The van der Waals surface area contributed by atoms with Crippen LogP contribution in [0.25, 0.3) is 6.08 Å². The molecule has 1 aliphatic rings. The number of methoxy groups -OCH3 is 1. The van der Waals surface area contributed by atoms with Crippen molar-refractivity contribution >= 4 is 18.0 Å². The van der Waals surface area contributed by atoms with Crippen LogP contribution in [0.3, 0.4) is 0 Å². The van der Waals surface area contributed by atoms with Gasteiger partial charge >= 0.3 is 5.97 Å². The third kappa shape index (κ3) is 7.15. The van der Waals surface area contributed by atoms with Crippen molar-refractivity contribution in [2.75, 3.05) is 14.2 Å². The largest absolute Gasteiger partial charge is 0.481 e. The molecule has 0 saturated carbocycles. The molecule has 1 aliphatic heterocycles. The van der Waals surface area contributed by atoms with Crippen molar-refractivity contribution in [2.45, 2.75) is 65.1 Å². The van der Waals surface area contributed by atoms with Crippen LogP contribution in [0.2, 0.25) is 0 Å². The Hall–Kier alpha value is -2.38. The molecule has 1 aromatic carbocycles. The summed E-state index contributed by atoms with van der Waals surface area (Å²) in [4.78, 5) is 27.6. The van der Waals surface area contributed by atoms with Crippen LogP contribution in [0.15, 0.2) is 36.0 Å². The zero-order valence-electron chi connectivity index (χ0n) is 18.8. The first kappa shape index (κ1) is 25.7. The van der Waals surface area contributed by atoms with Gasteiger partial charge in [-0.2, -0.15) is 5.06 Å². The second kappa shape index (κ2) is 13.0. The number of hydroxylamine groups is 2. The second-order valence-electron chi connectivity index (χ2n) is 7.23. The number of ether oxygens (including phenoxy) is 1. The van der Waals surface area contributed by atoms with Gasteiger partial charge in [-0.3, -0.25) is 14.4 Å². The lowest BCUT2D eigenvalue weighted by atomic mass is 9.93. The van der Waals surface area contributed by atoms with E-state index in [0.717, 1.165) is 24.8 Å². The van der Waals surface area contributed by atoms with Gasteiger partial charge in [0.2, 0.25) is 5.85 Å². The van der Waals surface area contributed by atoms with Gasteiger partial charge in [0, 0.05) is 20.0 Å². The summed E-state index contributed by atoms with van der Waals surface area (Å²) < 4.78 is 5.78. The lowest BCUT2D eigenvalue weighted by Crippen LogP contribution is -2.54. The first-order valence-electron chi connectivity index (χ1n) is 10.6. The van der Waals surface area contributed by atoms with Crippen LogP contribution >= 0.6 is 0 Å². The Balaban J connectivity index is 0.000000804. The molecule has 2 atom stereocenters. The number of unbranched alkanes of at least 4 members (excludes halogenated alkanes) is 1. The molecule has 1 heterocycles. The lowest BCUT2D eigenvalue weighted by molar-refractivity contribution is -0.268. The van der Waals surface area contributed by atoms with Crippen LogP contribution in [0.4, 0.5) is 0 Å². The Morgan fingerprint density at radius 3 is 2.33 bits per heavy atom. The number of hydrogen-bond acceptors (Lipinski definition) is 5. The van der Waals surface area contributed by atoms with Crippen LogP contribution < -0.4 is 5.32 Å². The second-order valence-corrected chi connectivity index (χ2v) is 7.23. The van der Waals surface area contributed by atoms with Crippen molar-refractivity contribution in [3.63, 3.8) is 0 Å². The molecule has 0 aromatic heterocycles. The number of rotatable bonds is 10. The quantitative estimate of drug-likeness (QED) is 0.545. The van der Waals surface area contributed by atoms with E-state index in [-0.39, 0.29) is 12.3 Å². The highest BCUT2D eigenvalue weighted by molar-refractivity contribution is 5.99. The van der Waals surface area contributed by atoms with Crippen LogP contribution in [0.5, 0.6) is 0 Å². The standard InChI is InChI=1S/C20H30N2O3.C3H6O2/c1-5-7-11-16(6-2)15-20(24-3)21-19(23)18(22(20)25-4)14-17-12-9-8-10-13-17;1-2-3(4)5/h8-10,12-14,16H,5-7,11,15H2,1-4H3,(H,21,23);2H2,1H3,(H,4,5). The van der Waals surface area contributed by atoms with Gasteiger partial charge < -0.3 is 15.2 Å². The maximum absolute atomic E-state index is 12.6. The molecule has 30 heavy (non-hydrogen) atoms. The van der Waals surface area contributed by atoms with Gasteiger partial charge in [-0.25, -0.2) is 0 Å². The van der Waals surface area contributed by atoms with Gasteiger partial charge in [-0.15, -0.1) is 0 Å². The third-order valence-electron chi connectivity index (χ3n) is 5.12. The highest BCUT2D eigenvalue weighted by Crippen LogP contribution is 2.35. The van der Waals surface area contributed by atoms with Gasteiger partial charge in [0.25, 0.3) is 5.91 Å². The van der Waals surface area contributed by atoms with Crippen molar-refractivity contribution in [3.05, 3.63) is 41.6 Å². The first-order chi connectivity index (χ1) is 14.4. The minimum absolute atomic E-state index is 0.183. The normalized spacial score (nSPS) is 20.5. The number of carbonyl (C=O) groups excluding carboxylic acids is 1. The zero-order valence-corrected chi connectivity index (χ0v) is 18.8. The van der Waals surface area contributed by atoms with Crippen molar-refractivity contribution < 1.29 is 24.3 Å². The average molecular weight is 421 g/mol.